The summed E-state index contributed by atoms with van der Waals surface area (Å²) in [6.07, 6.45) is 2.05. The molecule has 3 rings (SSSR count). The van der Waals surface area contributed by atoms with Gasteiger partial charge in [0.05, 0.1) is 18.3 Å². The highest BCUT2D eigenvalue weighted by atomic mass is 19.1. The van der Waals surface area contributed by atoms with E-state index in [0.29, 0.717) is 18.0 Å². The molecule has 6 heteroatoms. The largest absolute Gasteiger partial charge is 0.356 e. The fraction of sp³-hybridized carbons (Fsp3) is 0.500. The Kier molecular flexibility index (Phi) is 4.66. The molecule has 0 unspecified atom stereocenters. The van der Waals surface area contributed by atoms with Crippen LogP contribution in [0, 0.1) is 17.1 Å². The summed E-state index contributed by atoms with van der Waals surface area (Å²) in [5.74, 6) is 0.0740. The van der Waals surface area contributed by atoms with E-state index in [4.69, 9.17) is 9.78 Å². The maximum absolute atomic E-state index is 13.2. The van der Waals surface area contributed by atoms with Gasteiger partial charge in [-0.25, -0.2) is 4.39 Å². The van der Waals surface area contributed by atoms with Crippen molar-refractivity contribution < 1.29 is 8.91 Å². The Hall–Kier alpha value is -1.97. The van der Waals surface area contributed by atoms with Crippen LogP contribution in [-0.4, -0.2) is 42.8 Å². The number of hydrogen-bond acceptors (Lipinski definition) is 5. The molecule has 1 saturated heterocycles. The molecule has 1 aromatic heterocycles. The molecule has 1 aliphatic rings. The zero-order valence-corrected chi connectivity index (χ0v) is 12.4. The van der Waals surface area contributed by atoms with Crippen LogP contribution in [0.2, 0.25) is 0 Å². The minimum absolute atomic E-state index is 0.296. The van der Waals surface area contributed by atoms with Crippen molar-refractivity contribution in [3.8, 4) is 6.07 Å². The SMILES string of the molecule is N#CCNCCN1CCC(c2noc3cc(F)ccc23)CC1. The van der Waals surface area contributed by atoms with Crippen LogP contribution in [0.25, 0.3) is 11.0 Å². The highest BCUT2D eigenvalue weighted by Gasteiger charge is 2.24. The van der Waals surface area contributed by atoms with Crippen LogP contribution >= 0.6 is 0 Å². The van der Waals surface area contributed by atoms with E-state index in [9.17, 15) is 4.39 Å². The molecular weight excluding hydrogens is 283 g/mol. The Morgan fingerprint density at radius 2 is 2.23 bits per heavy atom. The van der Waals surface area contributed by atoms with Crippen LogP contribution in [0.1, 0.15) is 24.5 Å². The second-order valence-corrected chi connectivity index (χ2v) is 5.66. The van der Waals surface area contributed by atoms with Gasteiger partial charge in [-0.2, -0.15) is 5.26 Å². The number of rotatable bonds is 5. The predicted octanol–water partition coefficient (Wildman–Crippen LogP) is 2.26. The molecule has 1 aromatic carbocycles. The summed E-state index contributed by atoms with van der Waals surface area (Å²) < 4.78 is 18.4. The number of fused-ring (bicyclic) bond motifs is 1. The Balaban J connectivity index is 1.58. The number of nitriles is 1. The normalized spacial score (nSPS) is 16.9. The van der Waals surface area contributed by atoms with Gasteiger partial charge in [-0.3, -0.25) is 0 Å². The molecule has 22 heavy (non-hydrogen) atoms. The maximum Gasteiger partial charge on any atom is 0.170 e. The molecule has 1 fully saturated rings. The molecule has 5 nitrogen and oxygen atoms in total. The molecule has 2 aromatic rings. The first-order chi connectivity index (χ1) is 10.8. The molecule has 1 N–H and O–H groups in total. The maximum atomic E-state index is 13.2. The molecule has 0 spiro atoms. The number of likely N-dealkylation sites (tertiary alicyclic amines) is 1. The fourth-order valence-corrected chi connectivity index (χ4v) is 3.04. The third-order valence-electron chi connectivity index (χ3n) is 4.25. The number of piperidine rings is 1. The van der Waals surface area contributed by atoms with Gasteiger partial charge in [-0.15, -0.1) is 0 Å². The van der Waals surface area contributed by atoms with Crippen molar-refractivity contribution in [2.75, 3.05) is 32.7 Å². The van der Waals surface area contributed by atoms with Gasteiger partial charge in [0.25, 0.3) is 0 Å². The average Bonchev–Trinajstić information content (AvgIpc) is 2.95. The van der Waals surface area contributed by atoms with E-state index in [1.165, 1.54) is 12.1 Å². The molecule has 116 valence electrons. The number of benzene rings is 1. The number of nitrogens with one attached hydrogen (secondary N) is 1. The van der Waals surface area contributed by atoms with Gasteiger partial charge in [0, 0.05) is 30.5 Å². The van der Waals surface area contributed by atoms with E-state index in [-0.39, 0.29) is 5.82 Å². The Labute approximate surface area is 128 Å². The molecule has 0 atom stereocenters. The number of aromatic nitrogens is 1. The van der Waals surface area contributed by atoms with E-state index in [1.54, 1.807) is 6.07 Å². The van der Waals surface area contributed by atoms with Gasteiger partial charge in [-0.05, 0) is 38.1 Å². The van der Waals surface area contributed by atoms with Crippen molar-refractivity contribution in [1.82, 2.24) is 15.4 Å². The molecule has 0 saturated carbocycles. The number of halogens is 1. The van der Waals surface area contributed by atoms with Crippen molar-refractivity contribution in [2.24, 2.45) is 0 Å². The van der Waals surface area contributed by atoms with E-state index in [2.05, 4.69) is 21.4 Å². The van der Waals surface area contributed by atoms with Crippen LogP contribution in [0.15, 0.2) is 22.7 Å². The van der Waals surface area contributed by atoms with Crippen LogP contribution in [-0.2, 0) is 0 Å². The molecule has 2 heterocycles. The first-order valence-electron chi connectivity index (χ1n) is 7.63. The highest BCUT2D eigenvalue weighted by molar-refractivity contribution is 5.79. The quantitative estimate of drug-likeness (QED) is 0.678. The molecule has 1 aliphatic heterocycles. The first kappa shape index (κ1) is 14.9. The summed E-state index contributed by atoms with van der Waals surface area (Å²) in [5, 5.41) is 16.7. The first-order valence-corrected chi connectivity index (χ1v) is 7.63. The zero-order valence-electron chi connectivity index (χ0n) is 12.4. The summed E-state index contributed by atoms with van der Waals surface area (Å²) in [6.45, 7) is 4.21. The van der Waals surface area contributed by atoms with Crippen molar-refractivity contribution >= 4 is 11.0 Å². The van der Waals surface area contributed by atoms with Crippen LogP contribution in [0.5, 0.6) is 0 Å². The van der Waals surface area contributed by atoms with Crippen molar-refractivity contribution in [3.63, 3.8) is 0 Å². The summed E-state index contributed by atoms with van der Waals surface area (Å²) in [4.78, 5) is 2.39. The van der Waals surface area contributed by atoms with Gasteiger partial charge in [-0.1, -0.05) is 5.16 Å². The van der Waals surface area contributed by atoms with Crippen LogP contribution in [0.4, 0.5) is 4.39 Å². The van der Waals surface area contributed by atoms with Gasteiger partial charge in [0.2, 0.25) is 0 Å². The van der Waals surface area contributed by atoms with Gasteiger partial charge in [0.15, 0.2) is 5.58 Å². The second kappa shape index (κ2) is 6.86. The standard InChI is InChI=1S/C16H19FN4O/c17-13-1-2-14-15(11-13)22-20-16(14)12-3-8-21(9-4-12)10-7-19-6-5-18/h1-2,11-12,19H,3-4,6-10H2. The van der Waals surface area contributed by atoms with Gasteiger partial charge >= 0.3 is 0 Å². The molecule has 0 amide bonds. The van der Waals surface area contributed by atoms with E-state index in [1.807, 2.05) is 0 Å². The highest BCUT2D eigenvalue weighted by Crippen LogP contribution is 2.32. The molecule has 0 bridgehead atoms. The van der Waals surface area contributed by atoms with Crippen LogP contribution < -0.4 is 5.32 Å². The van der Waals surface area contributed by atoms with E-state index >= 15 is 0 Å². The lowest BCUT2D eigenvalue weighted by atomic mass is 9.91. The molecule has 0 aliphatic carbocycles. The second-order valence-electron chi connectivity index (χ2n) is 5.66. The van der Waals surface area contributed by atoms with Crippen molar-refractivity contribution in [2.45, 2.75) is 18.8 Å². The van der Waals surface area contributed by atoms with E-state index in [0.717, 1.165) is 50.1 Å². The fourth-order valence-electron chi connectivity index (χ4n) is 3.04. The molecular formula is C16H19FN4O. The van der Waals surface area contributed by atoms with Gasteiger partial charge < -0.3 is 14.7 Å². The Morgan fingerprint density at radius 3 is 3.00 bits per heavy atom. The number of nitrogens with zero attached hydrogens (tertiary/aromatic N) is 3. The van der Waals surface area contributed by atoms with Gasteiger partial charge in [0.1, 0.15) is 5.82 Å². The lowest BCUT2D eigenvalue weighted by Crippen LogP contribution is -2.37. The predicted molar refractivity (Wildman–Crippen MR) is 80.9 cm³/mol. The van der Waals surface area contributed by atoms with Crippen molar-refractivity contribution in [3.05, 3.63) is 29.7 Å². The molecule has 0 radical (unpaired) electrons. The zero-order chi connectivity index (χ0) is 15.4. The summed E-state index contributed by atoms with van der Waals surface area (Å²) in [5.41, 5.74) is 1.48. The monoisotopic (exact) mass is 302 g/mol. The lowest BCUT2D eigenvalue weighted by Gasteiger charge is -2.31. The Morgan fingerprint density at radius 1 is 1.41 bits per heavy atom. The minimum atomic E-state index is -0.296. The summed E-state index contributed by atoms with van der Waals surface area (Å²) in [7, 11) is 0. The third-order valence-corrected chi connectivity index (χ3v) is 4.25. The summed E-state index contributed by atoms with van der Waals surface area (Å²) in [6, 6.07) is 6.68. The smallest absolute Gasteiger partial charge is 0.170 e. The topological polar surface area (TPSA) is 65.1 Å². The van der Waals surface area contributed by atoms with Crippen molar-refractivity contribution in [1.29, 1.82) is 5.26 Å². The number of hydrogen-bond donors (Lipinski definition) is 1. The minimum Gasteiger partial charge on any atom is -0.356 e. The van der Waals surface area contributed by atoms with Crippen LogP contribution in [0.3, 0.4) is 0 Å². The average molecular weight is 302 g/mol. The third kappa shape index (κ3) is 3.26. The van der Waals surface area contributed by atoms with E-state index < -0.39 is 0 Å². The Bertz CT molecular complexity index is 670. The lowest BCUT2D eigenvalue weighted by molar-refractivity contribution is 0.210. The summed E-state index contributed by atoms with van der Waals surface area (Å²) >= 11 is 0.